The molecule has 1 aromatic carbocycles. The summed E-state index contributed by atoms with van der Waals surface area (Å²) in [5.41, 5.74) is 2.00. The first-order valence-electron chi connectivity index (χ1n) is 24.5. The molecule has 13 nitrogen and oxygen atoms in total. The predicted molar refractivity (Wildman–Crippen MR) is 247 cm³/mol. The largest absolute Gasteiger partial charge is 0.456 e. The van der Waals surface area contributed by atoms with Gasteiger partial charge in [0.15, 0.2) is 0 Å². The molecule has 4 aliphatic rings. The molecule has 1 aromatic rings. The topological polar surface area (TPSA) is 167 Å². The standard InChI is InChI=1S/C52H77F2NO12/c1-10-37-25-30(2)46(54)31(3)26-44(63-8)48-45(64-9)27-33(5)52(61,67-48)49(58)50(59)55-22-12-11-15-39(55)51(60)66-47(34(6)40(56)29-41(37)57)32(4)24-36-18-21-42(43(28-36)62-7)65-23-13-14-35-16-19-38(53)20-17-35/h16-17,19-20,24-25,31,33-34,36-37,39-40,42-48,56,61H,10-15,18,21-23,26-29H2,1-9H3/b30-25+,32-24?. The number of carbonyl (C=O) groups excluding carboxylic acids is 4. The molecule has 0 aromatic heterocycles. The van der Waals surface area contributed by atoms with E-state index in [-0.39, 0.29) is 62.0 Å². The van der Waals surface area contributed by atoms with Crippen molar-refractivity contribution >= 4 is 23.4 Å². The molecule has 15 unspecified atom stereocenters. The normalized spacial score (nSPS) is 37.8. The Labute approximate surface area is 396 Å². The van der Waals surface area contributed by atoms with E-state index in [9.17, 15) is 33.8 Å². The number of Topliss-reactive ketones (excluding diaryl/α,β-unsaturated/α-hetero) is 2. The summed E-state index contributed by atoms with van der Waals surface area (Å²) in [6.45, 7) is 10.8. The van der Waals surface area contributed by atoms with E-state index in [2.05, 4.69) is 0 Å². The molecule has 1 amide bonds. The van der Waals surface area contributed by atoms with Gasteiger partial charge >= 0.3 is 5.97 Å². The summed E-state index contributed by atoms with van der Waals surface area (Å²) in [6.07, 6.45) is 1.88. The van der Waals surface area contributed by atoms with Crippen molar-refractivity contribution in [3.05, 3.63) is 58.9 Å². The summed E-state index contributed by atoms with van der Waals surface area (Å²) < 4.78 is 66.0. The number of ketones is 2. The molecule has 1 saturated carbocycles. The molecule has 5 rings (SSSR count). The molecule has 15 atom stereocenters. The lowest BCUT2D eigenvalue weighted by Gasteiger charge is -2.47. The van der Waals surface area contributed by atoms with Crippen molar-refractivity contribution in [1.29, 1.82) is 0 Å². The Balaban J connectivity index is 1.44. The Bertz CT molecular complexity index is 1880. The number of ether oxygens (including phenoxy) is 6. The Morgan fingerprint density at radius 3 is 2.25 bits per heavy atom. The van der Waals surface area contributed by atoms with Crippen molar-refractivity contribution in [1.82, 2.24) is 4.90 Å². The van der Waals surface area contributed by atoms with Gasteiger partial charge in [-0.25, -0.2) is 13.6 Å². The molecule has 2 N–H and O–H groups in total. The summed E-state index contributed by atoms with van der Waals surface area (Å²) in [5.74, 6) is -9.41. The molecule has 3 fully saturated rings. The van der Waals surface area contributed by atoms with Crippen molar-refractivity contribution < 1.29 is 66.6 Å². The van der Waals surface area contributed by atoms with E-state index in [0.717, 1.165) is 29.7 Å². The molecule has 2 bridgehead atoms. The van der Waals surface area contributed by atoms with E-state index < -0.39 is 89.9 Å². The van der Waals surface area contributed by atoms with Crippen LogP contribution in [-0.2, 0) is 54.0 Å². The number of benzene rings is 1. The number of aryl methyl sites for hydroxylation is 1. The van der Waals surface area contributed by atoms with Gasteiger partial charge in [0.25, 0.3) is 11.7 Å². The minimum Gasteiger partial charge on any atom is -0.456 e. The maximum atomic E-state index is 16.3. The van der Waals surface area contributed by atoms with Gasteiger partial charge in [-0.2, -0.15) is 0 Å². The quantitative estimate of drug-likeness (QED) is 0.0992. The van der Waals surface area contributed by atoms with Crippen LogP contribution >= 0.6 is 0 Å². The summed E-state index contributed by atoms with van der Waals surface area (Å²) in [5, 5.41) is 23.9. The molecule has 1 aliphatic carbocycles. The van der Waals surface area contributed by atoms with Gasteiger partial charge in [-0.3, -0.25) is 14.4 Å². The molecular weight excluding hydrogens is 869 g/mol. The fraction of sp³-hybridized carbons (Fsp3) is 0.731. The van der Waals surface area contributed by atoms with Crippen LogP contribution in [0, 0.1) is 35.4 Å². The first kappa shape index (κ1) is 54.5. The fourth-order valence-corrected chi connectivity index (χ4v) is 10.6. The van der Waals surface area contributed by atoms with Crippen LogP contribution < -0.4 is 0 Å². The van der Waals surface area contributed by atoms with Gasteiger partial charge in [0.1, 0.15) is 36.0 Å². The second-order valence-corrected chi connectivity index (χ2v) is 19.7. The van der Waals surface area contributed by atoms with Crippen LogP contribution in [0.4, 0.5) is 8.78 Å². The zero-order valence-electron chi connectivity index (χ0n) is 41.1. The molecule has 376 valence electrons. The number of alkyl halides is 1. The van der Waals surface area contributed by atoms with Gasteiger partial charge in [0, 0.05) is 58.7 Å². The SMILES string of the molecule is CCC1/C=C(\C)C(F)C(C)CC(OC)C2OC(O)(C(=O)C(=O)N3CCCCC3C(=O)OC(C(C)=CC3CCC(OCCCc4ccc(F)cc4)C(OC)C3)C(C)C(O)CC1=O)C(C)CC2OC. The lowest BCUT2D eigenvalue weighted by Crippen LogP contribution is -2.64. The van der Waals surface area contributed by atoms with Gasteiger partial charge in [-0.05, 0) is 125 Å². The van der Waals surface area contributed by atoms with Gasteiger partial charge in [0.05, 0.1) is 30.5 Å². The number of esters is 1. The Morgan fingerprint density at radius 1 is 0.925 bits per heavy atom. The van der Waals surface area contributed by atoms with Crippen molar-refractivity contribution in [2.24, 2.45) is 29.6 Å². The number of rotatable bonds is 11. The van der Waals surface area contributed by atoms with Crippen LogP contribution in [0.5, 0.6) is 0 Å². The van der Waals surface area contributed by atoms with Crippen molar-refractivity contribution in [3.8, 4) is 0 Å². The first-order chi connectivity index (χ1) is 31.9. The van der Waals surface area contributed by atoms with Crippen LogP contribution in [0.25, 0.3) is 0 Å². The summed E-state index contributed by atoms with van der Waals surface area (Å²) in [7, 11) is 4.53. The van der Waals surface area contributed by atoms with Gasteiger partial charge in [-0.1, -0.05) is 52.0 Å². The average molecular weight is 946 g/mol. The Hall–Kier alpha value is -3.44. The molecule has 3 heterocycles. The second kappa shape index (κ2) is 24.9. The minimum atomic E-state index is -2.62. The molecule has 3 aliphatic heterocycles. The van der Waals surface area contributed by atoms with Crippen molar-refractivity contribution in [3.63, 3.8) is 0 Å². The third kappa shape index (κ3) is 13.5. The number of cyclic esters (lactones) is 1. The summed E-state index contributed by atoms with van der Waals surface area (Å²) >= 11 is 0. The molecular formula is C52H77F2NO12. The van der Waals surface area contributed by atoms with Crippen LogP contribution in [0.2, 0.25) is 0 Å². The number of aliphatic hydroxyl groups is 2. The molecule has 0 spiro atoms. The van der Waals surface area contributed by atoms with E-state index in [4.69, 9.17) is 28.4 Å². The molecule has 0 radical (unpaired) electrons. The number of piperidine rings is 1. The molecule has 2 saturated heterocycles. The second-order valence-electron chi connectivity index (χ2n) is 19.7. The highest BCUT2D eigenvalue weighted by Gasteiger charge is 2.57. The van der Waals surface area contributed by atoms with Crippen molar-refractivity contribution in [2.45, 2.75) is 179 Å². The minimum absolute atomic E-state index is 0.0182. The smallest absolute Gasteiger partial charge is 0.329 e. The number of fused-ring (bicyclic) bond motifs is 3. The summed E-state index contributed by atoms with van der Waals surface area (Å²) in [6, 6.07) is 5.26. The average Bonchev–Trinajstić information content (AvgIpc) is 3.32. The lowest BCUT2D eigenvalue weighted by molar-refractivity contribution is -0.302. The highest BCUT2D eigenvalue weighted by molar-refractivity contribution is 6.39. The number of methoxy groups -OCH3 is 3. The number of amides is 1. The fourth-order valence-electron chi connectivity index (χ4n) is 10.6. The van der Waals surface area contributed by atoms with Crippen LogP contribution in [0.3, 0.4) is 0 Å². The summed E-state index contributed by atoms with van der Waals surface area (Å²) in [4.78, 5) is 58.3. The third-order valence-electron chi connectivity index (χ3n) is 14.9. The number of aliphatic hydroxyl groups excluding tert-OH is 1. The first-order valence-corrected chi connectivity index (χ1v) is 24.5. The van der Waals surface area contributed by atoms with E-state index in [0.29, 0.717) is 49.9 Å². The van der Waals surface area contributed by atoms with Crippen LogP contribution in [-0.4, -0.2) is 134 Å². The zero-order chi connectivity index (χ0) is 49.2. The Kier molecular flexibility index (Phi) is 20.3. The highest BCUT2D eigenvalue weighted by Crippen LogP contribution is 2.40. The number of hydrogen-bond acceptors (Lipinski definition) is 12. The Morgan fingerprint density at radius 2 is 1.60 bits per heavy atom. The molecule has 67 heavy (non-hydrogen) atoms. The van der Waals surface area contributed by atoms with Crippen LogP contribution in [0.1, 0.15) is 118 Å². The zero-order valence-corrected chi connectivity index (χ0v) is 41.1. The van der Waals surface area contributed by atoms with Gasteiger partial charge in [-0.15, -0.1) is 0 Å². The number of nitrogens with zero attached hydrogens (tertiary/aromatic N) is 1. The number of halogens is 2. The lowest BCUT2D eigenvalue weighted by atomic mass is 9.81. The number of hydrogen-bond donors (Lipinski definition) is 2. The maximum Gasteiger partial charge on any atom is 0.329 e. The third-order valence-corrected chi connectivity index (χ3v) is 14.9. The number of allylic oxidation sites excluding steroid dienone is 3. The molecule has 15 heteroatoms. The van der Waals surface area contributed by atoms with Gasteiger partial charge < -0.3 is 43.5 Å². The highest BCUT2D eigenvalue weighted by atomic mass is 19.1. The van der Waals surface area contributed by atoms with Crippen LogP contribution in [0.15, 0.2) is 47.6 Å². The van der Waals surface area contributed by atoms with E-state index in [1.807, 2.05) is 19.9 Å². The maximum absolute atomic E-state index is 16.3. The van der Waals surface area contributed by atoms with Gasteiger partial charge in [0.2, 0.25) is 5.79 Å². The predicted octanol–water partition coefficient (Wildman–Crippen LogP) is 7.22. The van der Waals surface area contributed by atoms with E-state index in [1.54, 1.807) is 53.0 Å². The van der Waals surface area contributed by atoms with E-state index >= 15 is 4.39 Å². The van der Waals surface area contributed by atoms with E-state index in [1.165, 1.54) is 26.4 Å². The monoisotopic (exact) mass is 946 g/mol. The number of carbonyl (C=O) groups is 4. The van der Waals surface area contributed by atoms with Crippen molar-refractivity contribution in [2.75, 3.05) is 34.5 Å².